The summed E-state index contributed by atoms with van der Waals surface area (Å²) in [4.78, 5) is 8.04. The normalized spacial score (nSPS) is 10.4. The molecule has 4 heteroatoms. The lowest BCUT2D eigenvalue weighted by Gasteiger charge is -2.05. The maximum absolute atomic E-state index is 9.70. The minimum absolute atomic E-state index is 0.265. The van der Waals surface area contributed by atoms with Crippen molar-refractivity contribution in [3.05, 3.63) is 42.2 Å². The molecule has 0 saturated carbocycles. The Labute approximate surface area is 81.9 Å². The van der Waals surface area contributed by atoms with Crippen molar-refractivity contribution < 1.29 is 5.11 Å². The van der Waals surface area contributed by atoms with Gasteiger partial charge in [0.2, 0.25) is 0 Å². The third kappa shape index (κ3) is 1.59. The van der Waals surface area contributed by atoms with Gasteiger partial charge in [0.25, 0.3) is 0 Å². The quantitative estimate of drug-likeness (QED) is 0.775. The molecule has 0 unspecified atom stereocenters. The van der Waals surface area contributed by atoms with E-state index in [9.17, 15) is 5.11 Å². The molecule has 4 nitrogen and oxygen atoms in total. The molecule has 0 bridgehead atoms. The Morgan fingerprint density at radius 3 is 3.00 bits per heavy atom. The van der Waals surface area contributed by atoms with Crippen LogP contribution in [0.3, 0.4) is 0 Å². The molecule has 14 heavy (non-hydrogen) atoms. The summed E-state index contributed by atoms with van der Waals surface area (Å²) in [6, 6.07) is 1.78. The van der Waals surface area contributed by atoms with Crippen molar-refractivity contribution in [3.8, 4) is 5.75 Å². The zero-order valence-electron chi connectivity index (χ0n) is 7.88. The molecule has 0 fully saturated rings. The molecule has 0 aliphatic carbocycles. The first-order valence-electron chi connectivity index (χ1n) is 4.36. The summed E-state index contributed by atoms with van der Waals surface area (Å²) in [5.41, 5.74) is 1.51. The molecule has 0 radical (unpaired) electrons. The van der Waals surface area contributed by atoms with E-state index in [-0.39, 0.29) is 5.75 Å². The molecule has 2 heterocycles. The van der Waals surface area contributed by atoms with Crippen LogP contribution in [0.4, 0.5) is 0 Å². The maximum Gasteiger partial charge on any atom is 0.141 e. The highest BCUT2D eigenvalue weighted by atomic mass is 16.3. The largest absolute Gasteiger partial charge is 0.506 e. The molecule has 0 aromatic carbocycles. The van der Waals surface area contributed by atoms with Crippen molar-refractivity contribution in [1.82, 2.24) is 14.5 Å². The number of aryl methyl sites for hydroxylation is 1. The van der Waals surface area contributed by atoms with E-state index in [0.29, 0.717) is 12.2 Å². The number of aromatic nitrogens is 3. The fourth-order valence-electron chi connectivity index (χ4n) is 1.28. The predicted molar refractivity (Wildman–Crippen MR) is 52.0 cm³/mol. The molecule has 0 atom stereocenters. The van der Waals surface area contributed by atoms with Crippen LogP contribution in [0.5, 0.6) is 5.75 Å². The van der Waals surface area contributed by atoms with Crippen molar-refractivity contribution in [2.75, 3.05) is 0 Å². The van der Waals surface area contributed by atoms with Crippen molar-refractivity contribution in [2.24, 2.45) is 0 Å². The third-order valence-electron chi connectivity index (χ3n) is 2.09. The van der Waals surface area contributed by atoms with Crippen LogP contribution in [-0.2, 0) is 6.54 Å². The van der Waals surface area contributed by atoms with Crippen molar-refractivity contribution in [3.63, 3.8) is 0 Å². The lowest BCUT2D eigenvalue weighted by atomic mass is 10.2. The molecular formula is C10H11N3O. The molecule has 2 rings (SSSR count). The lowest BCUT2D eigenvalue weighted by Crippen LogP contribution is -2.00. The second-order valence-electron chi connectivity index (χ2n) is 3.16. The summed E-state index contributed by atoms with van der Waals surface area (Å²) >= 11 is 0. The van der Waals surface area contributed by atoms with Crippen molar-refractivity contribution in [1.29, 1.82) is 0 Å². The molecular weight excluding hydrogens is 178 g/mol. The number of imidazole rings is 1. The molecule has 0 amide bonds. The summed E-state index contributed by atoms with van der Waals surface area (Å²) in [7, 11) is 0. The Balaban J connectivity index is 2.29. The summed E-state index contributed by atoms with van der Waals surface area (Å²) in [6.45, 7) is 2.40. The molecule has 2 aromatic heterocycles. The Hall–Kier alpha value is -1.84. The van der Waals surface area contributed by atoms with Crippen LogP contribution in [0, 0.1) is 6.92 Å². The van der Waals surface area contributed by atoms with Gasteiger partial charge in [-0.3, -0.25) is 4.98 Å². The van der Waals surface area contributed by atoms with Gasteiger partial charge in [-0.15, -0.1) is 0 Å². The van der Waals surface area contributed by atoms with Gasteiger partial charge in [-0.25, -0.2) is 4.98 Å². The summed E-state index contributed by atoms with van der Waals surface area (Å²) in [5.74, 6) is 0.265. The molecule has 1 N–H and O–H groups in total. The van der Waals surface area contributed by atoms with Gasteiger partial charge in [-0.05, 0) is 18.6 Å². The van der Waals surface area contributed by atoms with E-state index in [1.54, 1.807) is 24.8 Å². The number of nitrogens with zero attached hydrogens (tertiary/aromatic N) is 3. The SMILES string of the molecule is Cc1ccnc(Cn2ccnc2)c1O. The Morgan fingerprint density at radius 2 is 2.29 bits per heavy atom. The zero-order chi connectivity index (χ0) is 9.97. The fourth-order valence-corrected chi connectivity index (χ4v) is 1.28. The van der Waals surface area contributed by atoms with Crippen LogP contribution >= 0.6 is 0 Å². The molecule has 2 aromatic rings. The second kappa shape index (κ2) is 3.49. The van der Waals surface area contributed by atoms with Crippen LogP contribution < -0.4 is 0 Å². The van der Waals surface area contributed by atoms with Crippen LogP contribution in [0.1, 0.15) is 11.3 Å². The maximum atomic E-state index is 9.70. The minimum atomic E-state index is 0.265. The van der Waals surface area contributed by atoms with Gasteiger partial charge in [-0.1, -0.05) is 0 Å². The Bertz CT molecular complexity index is 423. The lowest BCUT2D eigenvalue weighted by molar-refractivity contribution is 0.457. The molecule has 0 aliphatic heterocycles. The van der Waals surface area contributed by atoms with Crippen LogP contribution in [-0.4, -0.2) is 19.6 Å². The highest BCUT2D eigenvalue weighted by molar-refractivity contribution is 5.34. The van der Waals surface area contributed by atoms with E-state index in [2.05, 4.69) is 9.97 Å². The molecule has 0 aliphatic rings. The van der Waals surface area contributed by atoms with E-state index in [1.807, 2.05) is 17.7 Å². The van der Waals surface area contributed by atoms with Gasteiger partial charge in [0.1, 0.15) is 11.4 Å². The third-order valence-corrected chi connectivity index (χ3v) is 2.09. The van der Waals surface area contributed by atoms with Crippen LogP contribution in [0.25, 0.3) is 0 Å². The van der Waals surface area contributed by atoms with Gasteiger partial charge in [0, 0.05) is 18.6 Å². The monoisotopic (exact) mass is 189 g/mol. The first-order chi connectivity index (χ1) is 6.77. The van der Waals surface area contributed by atoms with Crippen molar-refractivity contribution >= 4 is 0 Å². The van der Waals surface area contributed by atoms with E-state index in [4.69, 9.17) is 0 Å². The average Bonchev–Trinajstić information content (AvgIpc) is 2.66. The summed E-state index contributed by atoms with van der Waals surface area (Å²) in [6.07, 6.45) is 6.93. The predicted octanol–water partition coefficient (Wildman–Crippen LogP) is 1.34. The first-order valence-corrected chi connectivity index (χ1v) is 4.36. The van der Waals surface area contributed by atoms with Crippen LogP contribution in [0.2, 0.25) is 0 Å². The van der Waals surface area contributed by atoms with E-state index in [0.717, 1.165) is 5.56 Å². The standard InChI is InChI=1S/C10H11N3O/c1-8-2-3-12-9(10(8)14)6-13-5-4-11-7-13/h2-5,7,14H,6H2,1H3. The number of aromatic hydroxyl groups is 1. The molecule has 72 valence electrons. The number of rotatable bonds is 2. The summed E-state index contributed by atoms with van der Waals surface area (Å²) < 4.78 is 1.86. The smallest absolute Gasteiger partial charge is 0.141 e. The zero-order valence-corrected chi connectivity index (χ0v) is 7.88. The van der Waals surface area contributed by atoms with Gasteiger partial charge < -0.3 is 9.67 Å². The van der Waals surface area contributed by atoms with Gasteiger partial charge >= 0.3 is 0 Å². The number of hydrogen-bond acceptors (Lipinski definition) is 3. The average molecular weight is 189 g/mol. The van der Waals surface area contributed by atoms with Gasteiger partial charge in [0.05, 0.1) is 12.9 Å². The highest BCUT2D eigenvalue weighted by Gasteiger charge is 2.05. The minimum Gasteiger partial charge on any atom is -0.506 e. The topological polar surface area (TPSA) is 50.9 Å². The Morgan fingerprint density at radius 1 is 1.43 bits per heavy atom. The van der Waals surface area contributed by atoms with E-state index < -0.39 is 0 Å². The van der Waals surface area contributed by atoms with E-state index in [1.165, 1.54) is 0 Å². The Kier molecular flexibility index (Phi) is 2.18. The number of hydrogen-bond donors (Lipinski definition) is 1. The highest BCUT2D eigenvalue weighted by Crippen LogP contribution is 2.19. The molecule has 0 spiro atoms. The first kappa shape index (κ1) is 8.74. The van der Waals surface area contributed by atoms with Crippen molar-refractivity contribution in [2.45, 2.75) is 13.5 Å². The molecule has 0 saturated heterocycles. The van der Waals surface area contributed by atoms with E-state index >= 15 is 0 Å². The van der Waals surface area contributed by atoms with Gasteiger partial charge in [0.15, 0.2) is 0 Å². The fraction of sp³-hybridized carbons (Fsp3) is 0.200. The number of pyridine rings is 1. The summed E-state index contributed by atoms with van der Waals surface area (Å²) in [5, 5.41) is 9.70. The van der Waals surface area contributed by atoms with Crippen LogP contribution in [0.15, 0.2) is 31.0 Å². The second-order valence-corrected chi connectivity index (χ2v) is 3.16. The van der Waals surface area contributed by atoms with Gasteiger partial charge in [-0.2, -0.15) is 0 Å².